The van der Waals surface area contributed by atoms with Crippen LogP contribution in [0.15, 0.2) is 0 Å². The van der Waals surface area contributed by atoms with E-state index in [-0.39, 0.29) is 18.8 Å². The molecule has 0 aromatic rings. The minimum Gasteiger partial charge on any atom is -0.476 e. The molecule has 11 heavy (non-hydrogen) atoms. The number of carboxylic acid groups (broad SMARTS) is 1. The molecular weight excluding hydrogens is 170 g/mol. The molecule has 1 N–H and O–H groups in total. The third-order valence-electron chi connectivity index (χ3n) is 1.02. The van der Waals surface area contributed by atoms with E-state index in [4.69, 9.17) is 5.11 Å². The van der Waals surface area contributed by atoms with Gasteiger partial charge in [0.2, 0.25) is 5.78 Å². The van der Waals surface area contributed by atoms with Gasteiger partial charge < -0.3 is 10.0 Å². The highest BCUT2D eigenvalue weighted by Gasteiger charge is 2.10. The zero-order valence-electron chi connectivity index (χ0n) is 6.53. The van der Waals surface area contributed by atoms with Gasteiger partial charge in [-0.2, -0.15) is 0 Å². The molecule has 0 aromatic heterocycles. The zero-order chi connectivity index (χ0) is 8.15. The summed E-state index contributed by atoms with van der Waals surface area (Å²) in [6, 6.07) is 0. The van der Waals surface area contributed by atoms with E-state index in [1.165, 1.54) is 0 Å². The molecule has 0 rings (SSSR count). The Hall–Kier alpha value is -0.610. The Bertz CT molecular complexity index is 147. The SMILES string of the molecule is CN(C)CCC(=O)C(=O)O.Cl. The van der Waals surface area contributed by atoms with Crippen LogP contribution in [0, 0.1) is 0 Å². The highest BCUT2D eigenvalue weighted by Crippen LogP contribution is 1.85. The monoisotopic (exact) mass is 181 g/mol. The van der Waals surface area contributed by atoms with Crippen molar-refractivity contribution in [1.82, 2.24) is 4.90 Å². The van der Waals surface area contributed by atoms with Crippen molar-refractivity contribution in [3.8, 4) is 0 Å². The standard InChI is InChI=1S/C6H11NO3.ClH/c1-7(2)4-3-5(8)6(9)10;/h3-4H2,1-2H3,(H,9,10);1H. The zero-order valence-corrected chi connectivity index (χ0v) is 7.35. The summed E-state index contributed by atoms with van der Waals surface area (Å²) in [5.74, 6) is -2.07. The van der Waals surface area contributed by atoms with Gasteiger partial charge in [-0.05, 0) is 14.1 Å². The summed E-state index contributed by atoms with van der Waals surface area (Å²) in [7, 11) is 3.57. The van der Waals surface area contributed by atoms with Gasteiger partial charge in [0.15, 0.2) is 0 Å². The van der Waals surface area contributed by atoms with Gasteiger partial charge in [-0.3, -0.25) is 4.79 Å². The summed E-state index contributed by atoms with van der Waals surface area (Å²) < 4.78 is 0. The lowest BCUT2D eigenvalue weighted by molar-refractivity contribution is -0.149. The van der Waals surface area contributed by atoms with Gasteiger partial charge in [0, 0.05) is 13.0 Å². The van der Waals surface area contributed by atoms with Crippen LogP contribution in [0.2, 0.25) is 0 Å². The number of carboxylic acids is 1. The van der Waals surface area contributed by atoms with E-state index < -0.39 is 11.8 Å². The van der Waals surface area contributed by atoms with E-state index in [0.29, 0.717) is 6.54 Å². The number of hydrogen-bond acceptors (Lipinski definition) is 3. The van der Waals surface area contributed by atoms with E-state index >= 15 is 0 Å². The lowest BCUT2D eigenvalue weighted by Gasteiger charge is -2.05. The lowest BCUT2D eigenvalue weighted by Crippen LogP contribution is -2.21. The molecular formula is C6H12ClNO3. The number of Topliss-reactive ketones (excluding diaryl/α,β-unsaturated/α-hetero) is 1. The minimum absolute atomic E-state index is 0. The number of nitrogens with zero attached hydrogens (tertiary/aromatic N) is 1. The number of hydrogen-bond donors (Lipinski definition) is 1. The molecule has 0 spiro atoms. The third kappa shape index (κ3) is 7.29. The van der Waals surface area contributed by atoms with Crippen molar-refractivity contribution < 1.29 is 14.7 Å². The van der Waals surface area contributed by atoms with Crippen LogP contribution >= 0.6 is 12.4 Å². The normalized spacial score (nSPS) is 9.00. The quantitative estimate of drug-likeness (QED) is 0.621. The molecule has 0 heterocycles. The maximum absolute atomic E-state index is 10.4. The smallest absolute Gasteiger partial charge is 0.372 e. The van der Waals surface area contributed by atoms with E-state index in [1.54, 1.807) is 19.0 Å². The van der Waals surface area contributed by atoms with Gasteiger partial charge >= 0.3 is 5.97 Å². The fourth-order valence-corrected chi connectivity index (χ4v) is 0.432. The van der Waals surface area contributed by atoms with Crippen LogP contribution in [-0.4, -0.2) is 42.4 Å². The Morgan fingerprint density at radius 2 is 1.82 bits per heavy atom. The van der Waals surface area contributed by atoms with Crippen LogP contribution in [0.25, 0.3) is 0 Å². The largest absolute Gasteiger partial charge is 0.476 e. The van der Waals surface area contributed by atoms with Crippen molar-refractivity contribution in [3.05, 3.63) is 0 Å². The van der Waals surface area contributed by atoms with Crippen molar-refractivity contribution >= 4 is 24.2 Å². The number of rotatable bonds is 4. The molecule has 0 unspecified atom stereocenters. The first-order chi connectivity index (χ1) is 4.54. The van der Waals surface area contributed by atoms with Crippen LogP contribution in [0.5, 0.6) is 0 Å². The summed E-state index contributed by atoms with van der Waals surface area (Å²) in [6.45, 7) is 0.491. The second-order valence-corrected chi connectivity index (χ2v) is 2.28. The molecule has 0 radical (unpaired) electrons. The maximum atomic E-state index is 10.4. The minimum atomic E-state index is -1.35. The molecule has 4 nitrogen and oxygen atoms in total. The molecule has 0 bridgehead atoms. The molecule has 0 fully saturated rings. The molecule has 0 atom stereocenters. The second kappa shape index (κ2) is 6.12. The Morgan fingerprint density at radius 1 is 1.36 bits per heavy atom. The first-order valence-corrected chi connectivity index (χ1v) is 2.95. The number of ketones is 1. The van der Waals surface area contributed by atoms with E-state index in [1.807, 2.05) is 0 Å². The fourth-order valence-electron chi connectivity index (χ4n) is 0.432. The first-order valence-electron chi connectivity index (χ1n) is 2.95. The van der Waals surface area contributed by atoms with Crippen molar-refractivity contribution in [3.63, 3.8) is 0 Å². The maximum Gasteiger partial charge on any atom is 0.372 e. The molecule has 0 saturated heterocycles. The summed E-state index contributed by atoms with van der Waals surface area (Å²) in [4.78, 5) is 22.1. The summed E-state index contributed by atoms with van der Waals surface area (Å²) >= 11 is 0. The van der Waals surface area contributed by atoms with Gasteiger partial charge in [-0.15, -0.1) is 12.4 Å². The van der Waals surface area contributed by atoms with Gasteiger partial charge in [-0.1, -0.05) is 0 Å². The van der Waals surface area contributed by atoms with Gasteiger partial charge in [0.05, 0.1) is 0 Å². The fraction of sp³-hybridized carbons (Fsp3) is 0.667. The van der Waals surface area contributed by atoms with E-state index in [2.05, 4.69) is 0 Å². The second-order valence-electron chi connectivity index (χ2n) is 2.28. The van der Waals surface area contributed by atoms with E-state index in [9.17, 15) is 9.59 Å². The Morgan fingerprint density at radius 3 is 2.09 bits per heavy atom. The van der Waals surface area contributed by atoms with Crippen LogP contribution in [-0.2, 0) is 9.59 Å². The Kier molecular flexibility index (Phi) is 7.24. The molecule has 0 saturated carbocycles. The third-order valence-corrected chi connectivity index (χ3v) is 1.02. The van der Waals surface area contributed by atoms with Crippen LogP contribution in [0.1, 0.15) is 6.42 Å². The lowest BCUT2D eigenvalue weighted by atomic mass is 10.3. The molecule has 66 valence electrons. The molecule has 5 heteroatoms. The van der Waals surface area contributed by atoms with Crippen LogP contribution in [0.3, 0.4) is 0 Å². The predicted molar refractivity (Wildman–Crippen MR) is 43.1 cm³/mol. The summed E-state index contributed by atoms with van der Waals surface area (Å²) in [6.07, 6.45) is 0.0856. The van der Waals surface area contributed by atoms with Crippen LogP contribution in [0.4, 0.5) is 0 Å². The molecule has 0 aromatic carbocycles. The summed E-state index contributed by atoms with van der Waals surface area (Å²) in [5, 5.41) is 8.13. The highest BCUT2D eigenvalue weighted by molar-refractivity contribution is 6.32. The number of halogens is 1. The Balaban J connectivity index is 0. The van der Waals surface area contributed by atoms with Gasteiger partial charge in [0.25, 0.3) is 0 Å². The van der Waals surface area contributed by atoms with Crippen molar-refractivity contribution in [1.29, 1.82) is 0 Å². The van der Waals surface area contributed by atoms with Crippen LogP contribution < -0.4 is 0 Å². The molecule has 0 aliphatic carbocycles. The average molecular weight is 182 g/mol. The first kappa shape index (κ1) is 13.0. The topological polar surface area (TPSA) is 57.6 Å². The number of carbonyl (C=O) groups excluding carboxylic acids is 1. The summed E-state index contributed by atoms with van der Waals surface area (Å²) in [5.41, 5.74) is 0. The molecule has 0 aliphatic heterocycles. The van der Waals surface area contributed by atoms with Crippen molar-refractivity contribution in [2.75, 3.05) is 20.6 Å². The number of aliphatic carboxylic acids is 1. The van der Waals surface area contributed by atoms with Gasteiger partial charge in [-0.25, -0.2) is 4.79 Å². The predicted octanol–water partition coefficient (Wildman–Crippen LogP) is 0.0136. The van der Waals surface area contributed by atoms with Gasteiger partial charge in [0.1, 0.15) is 0 Å². The Labute approximate surface area is 71.6 Å². The molecule has 0 aliphatic rings. The average Bonchev–Trinajstić information content (AvgIpc) is 1.82. The molecule has 0 amide bonds. The van der Waals surface area contributed by atoms with Crippen molar-refractivity contribution in [2.45, 2.75) is 6.42 Å². The van der Waals surface area contributed by atoms with E-state index in [0.717, 1.165) is 0 Å². The van der Waals surface area contributed by atoms with Crippen molar-refractivity contribution in [2.24, 2.45) is 0 Å². The number of carbonyl (C=O) groups is 2. The highest BCUT2D eigenvalue weighted by atomic mass is 35.5.